The van der Waals surface area contributed by atoms with Gasteiger partial charge in [0.1, 0.15) is 0 Å². The minimum absolute atomic E-state index is 0.756. The maximum atomic E-state index is 2.64. The van der Waals surface area contributed by atoms with Crippen molar-refractivity contribution in [3.63, 3.8) is 0 Å². The highest BCUT2D eigenvalue weighted by atomic mass is 15.2. The van der Waals surface area contributed by atoms with Crippen LogP contribution in [0.25, 0.3) is 0 Å². The fourth-order valence-electron chi connectivity index (χ4n) is 3.04. The molecule has 1 aromatic rings. The fourth-order valence-corrected chi connectivity index (χ4v) is 3.04. The van der Waals surface area contributed by atoms with Crippen LogP contribution in [-0.2, 0) is 0 Å². The molecule has 0 aliphatic carbocycles. The number of benzene rings is 1. The summed E-state index contributed by atoms with van der Waals surface area (Å²) in [6.07, 6.45) is 6.77. The molecule has 0 N–H and O–H groups in total. The zero-order valence-electron chi connectivity index (χ0n) is 11.2. The Labute approximate surface area is 106 Å². The Morgan fingerprint density at radius 1 is 1.24 bits per heavy atom. The van der Waals surface area contributed by atoms with Crippen LogP contribution < -0.4 is 4.90 Å². The second kappa shape index (κ2) is 6.09. The van der Waals surface area contributed by atoms with Crippen molar-refractivity contribution in [1.29, 1.82) is 0 Å². The molecule has 1 heterocycles. The molecule has 2 atom stereocenters. The summed E-state index contributed by atoms with van der Waals surface area (Å²) < 4.78 is 0. The van der Waals surface area contributed by atoms with E-state index < -0.39 is 0 Å². The molecule has 1 nitrogen and oxygen atoms in total. The van der Waals surface area contributed by atoms with Crippen LogP contribution >= 0.6 is 0 Å². The summed E-state index contributed by atoms with van der Waals surface area (Å²) in [4.78, 5) is 2.64. The highest BCUT2D eigenvalue weighted by Gasteiger charge is 2.27. The molecule has 0 spiro atoms. The normalized spacial score (nSPS) is 24.9. The van der Waals surface area contributed by atoms with Crippen LogP contribution in [0.15, 0.2) is 30.3 Å². The average Bonchev–Trinajstić information content (AvgIpc) is 2.38. The van der Waals surface area contributed by atoms with Gasteiger partial charge in [0.05, 0.1) is 0 Å². The Balaban J connectivity index is 2.11. The molecule has 0 saturated carbocycles. The summed E-state index contributed by atoms with van der Waals surface area (Å²) in [5.41, 5.74) is 1.42. The molecule has 1 heteroatoms. The van der Waals surface area contributed by atoms with Gasteiger partial charge >= 0.3 is 0 Å². The molecule has 0 aromatic heterocycles. The number of hydrogen-bond donors (Lipinski definition) is 0. The minimum atomic E-state index is 0.756. The van der Waals surface area contributed by atoms with Gasteiger partial charge < -0.3 is 4.90 Å². The molecule has 0 bridgehead atoms. The summed E-state index contributed by atoms with van der Waals surface area (Å²) in [6, 6.07) is 11.7. The van der Waals surface area contributed by atoms with E-state index in [0.29, 0.717) is 0 Å². The lowest BCUT2D eigenvalue weighted by molar-refractivity contribution is 0.324. The first-order valence-corrected chi connectivity index (χ1v) is 7.14. The van der Waals surface area contributed by atoms with Crippen LogP contribution in [0.5, 0.6) is 0 Å². The summed E-state index contributed by atoms with van der Waals surface area (Å²) in [5, 5.41) is 0. The van der Waals surface area contributed by atoms with Crippen LogP contribution in [0, 0.1) is 5.92 Å². The standard InChI is InChI=1S/C16H25N/c1-3-4-12-16-14(2)9-8-13-17(16)15-10-6-5-7-11-15/h5-7,10-11,14,16H,3-4,8-9,12-13H2,1-2H3. The molecule has 0 radical (unpaired) electrons. The van der Waals surface area contributed by atoms with Gasteiger partial charge in [-0.3, -0.25) is 0 Å². The summed E-state index contributed by atoms with van der Waals surface area (Å²) >= 11 is 0. The van der Waals surface area contributed by atoms with E-state index in [1.54, 1.807) is 0 Å². The van der Waals surface area contributed by atoms with E-state index in [2.05, 4.69) is 49.1 Å². The Bertz CT molecular complexity index is 320. The van der Waals surface area contributed by atoms with E-state index in [4.69, 9.17) is 0 Å². The number of para-hydroxylation sites is 1. The predicted molar refractivity (Wildman–Crippen MR) is 75.5 cm³/mol. The monoisotopic (exact) mass is 231 g/mol. The van der Waals surface area contributed by atoms with Crippen molar-refractivity contribution in [2.24, 2.45) is 5.92 Å². The largest absolute Gasteiger partial charge is 0.368 e. The quantitative estimate of drug-likeness (QED) is 0.738. The molecular weight excluding hydrogens is 206 g/mol. The molecule has 1 aliphatic heterocycles. The average molecular weight is 231 g/mol. The SMILES string of the molecule is CCCCC1C(C)CCCN1c1ccccc1. The van der Waals surface area contributed by atoms with Gasteiger partial charge in [-0.15, -0.1) is 0 Å². The van der Waals surface area contributed by atoms with Gasteiger partial charge in [-0.05, 0) is 37.3 Å². The summed E-state index contributed by atoms with van der Waals surface area (Å²) in [6.45, 7) is 5.96. The van der Waals surface area contributed by atoms with Crippen molar-refractivity contribution in [2.45, 2.75) is 52.0 Å². The van der Waals surface area contributed by atoms with E-state index in [0.717, 1.165) is 12.0 Å². The fraction of sp³-hybridized carbons (Fsp3) is 0.625. The Morgan fingerprint density at radius 3 is 2.71 bits per heavy atom. The van der Waals surface area contributed by atoms with E-state index in [1.165, 1.54) is 44.3 Å². The first-order valence-electron chi connectivity index (χ1n) is 7.14. The van der Waals surface area contributed by atoms with Crippen molar-refractivity contribution in [1.82, 2.24) is 0 Å². The summed E-state index contributed by atoms with van der Waals surface area (Å²) in [7, 11) is 0. The molecular formula is C16H25N. The Hall–Kier alpha value is -0.980. The molecule has 1 saturated heterocycles. The number of piperidine rings is 1. The molecule has 1 aliphatic rings. The molecule has 2 rings (SSSR count). The van der Waals surface area contributed by atoms with E-state index >= 15 is 0 Å². The second-order valence-electron chi connectivity index (χ2n) is 5.36. The summed E-state index contributed by atoms with van der Waals surface area (Å²) in [5.74, 6) is 0.843. The van der Waals surface area contributed by atoms with E-state index in [1.807, 2.05) is 0 Å². The first-order chi connectivity index (χ1) is 8.33. The van der Waals surface area contributed by atoms with E-state index in [-0.39, 0.29) is 0 Å². The lowest BCUT2D eigenvalue weighted by atomic mass is 9.87. The Kier molecular flexibility index (Phi) is 4.47. The minimum Gasteiger partial charge on any atom is -0.368 e. The molecule has 1 aromatic carbocycles. The maximum Gasteiger partial charge on any atom is 0.0368 e. The van der Waals surface area contributed by atoms with Gasteiger partial charge in [-0.25, -0.2) is 0 Å². The smallest absolute Gasteiger partial charge is 0.0368 e. The third-order valence-electron chi connectivity index (χ3n) is 4.06. The molecule has 1 fully saturated rings. The molecule has 17 heavy (non-hydrogen) atoms. The van der Waals surface area contributed by atoms with Crippen LogP contribution in [0.4, 0.5) is 5.69 Å². The van der Waals surface area contributed by atoms with Crippen LogP contribution in [0.1, 0.15) is 46.0 Å². The zero-order valence-corrected chi connectivity index (χ0v) is 11.2. The highest BCUT2D eigenvalue weighted by molar-refractivity contribution is 5.47. The Morgan fingerprint density at radius 2 is 2.00 bits per heavy atom. The topological polar surface area (TPSA) is 3.24 Å². The molecule has 94 valence electrons. The van der Waals surface area contributed by atoms with Gasteiger partial charge in [0.25, 0.3) is 0 Å². The van der Waals surface area contributed by atoms with Crippen LogP contribution in [-0.4, -0.2) is 12.6 Å². The molecule has 0 amide bonds. The lowest BCUT2D eigenvalue weighted by Gasteiger charge is -2.42. The van der Waals surface area contributed by atoms with Crippen molar-refractivity contribution >= 4 is 5.69 Å². The third-order valence-corrected chi connectivity index (χ3v) is 4.06. The van der Waals surface area contributed by atoms with Gasteiger partial charge in [-0.2, -0.15) is 0 Å². The van der Waals surface area contributed by atoms with Gasteiger partial charge in [0.2, 0.25) is 0 Å². The molecule has 2 unspecified atom stereocenters. The highest BCUT2D eigenvalue weighted by Crippen LogP contribution is 2.31. The van der Waals surface area contributed by atoms with Gasteiger partial charge in [0.15, 0.2) is 0 Å². The number of anilines is 1. The van der Waals surface area contributed by atoms with Gasteiger partial charge in [-0.1, -0.05) is 44.9 Å². The lowest BCUT2D eigenvalue weighted by Crippen LogP contribution is -2.44. The second-order valence-corrected chi connectivity index (χ2v) is 5.36. The van der Waals surface area contributed by atoms with Crippen molar-refractivity contribution < 1.29 is 0 Å². The third kappa shape index (κ3) is 3.02. The van der Waals surface area contributed by atoms with Crippen molar-refractivity contribution in [3.05, 3.63) is 30.3 Å². The van der Waals surface area contributed by atoms with Crippen LogP contribution in [0.2, 0.25) is 0 Å². The van der Waals surface area contributed by atoms with Crippen molar-refractivity contribution in [3.8, 4) is 0 Å². The van der Waals surface area contributed by atoms with E-state index in [9.17, 15) is 0 Å². The zero-order chi connectivity index (χ0) is 12.1. The van der Waals surface area contributed by atoms with Crippen LogP contribution in [0.3, 0.4) is 0 Å². The maximum absolute atomic E-state index is 2.64. The number of nitrogens with zero attached hydrogens (tertiary/aromatic N) is 1. The first kappa shape index (κ1) is 12.5. The van der Waals surface area contributed by atoms with Crippen molar-refractivity contribution in [2.75, 3.05) is 11.4 Å². The van der Waals surface area contributed by atoms with Gasteiger partial charge in [0, 0.05) is 18.3 Å². The predicted octanol–water partition coefficient (Wildman–Crippen LogP) is 4.48. The number of rotatable bonds is 4. The number of unbranched alkanes of at least 4 members (excludes halogenated alkanes) is 1. The number of hydrogen-bond acceptors (Lipinski definition) is 1.